The molecule has 1 aromatic carbocycles. The molecule has 0 spiro atoms. The number of nitrogens with one attached hydrogen (secondary N) is 3. The first-order valence-corrected chi connectivity index (χ1v) is 11.3. The number of carbonyl (C=O) groups excluding carboxylic acids is 3. The second-order valence-corrected chi connectivity index (χ2v) is 8.35. The number of aryl methyl sites for hydroxylation is 1. The Hall–Kier alpha value is -4.18. The lowest BCUT2D eigenvalue weighted by molar-refractivity contribution is 0.0880. The molecule has 0 bridgehead atoms. The Morgan fingerprint density at radius 1 is 1.00 bits per heavy atom. The highest BCUT2D eigenvalue weighted by molar-refractivity contribution is 6.11. The summed E-state index contributed by atoms with van der Waals surface area (Å²) in [6, 6.07) is 8.67. The van der Waals surface area contributed by atoms with Crippen molar-refractivity contribution in [1.29, 1.82) is 0 Å². The van der Waals surface area contributed by atoms with Crippen molar-refractivity contribution in [3.05, 3.63) is 83.2 Å². The molecule has 3 heterocycles. The van der Waals surface area contributed by atoms with Crippen LogP contribution in [0.25, 0.3) is 0 Å². The largest absolute Gasteiger partial charge is 0.506 e. The smallest absolute Gasteiger partial charge is 0.270 e. The molecule has 0 radical (unpaired) electrons. The predicted molar refractivity (Wildman–Crippen MR) is 127 cm³/mol. The Morgan fingerprint density at radius 2 is 1.74 bits per heavy atom. The number of hydrogen-bond donors (Lipinski definition) is 4. The maximum Gasteiger partial charge on any atom is 0.270 e. The van der Waals surface area contributed by atoms with Crippen LogP contribution in [0.15, 0.2) is 55.1 Å². The van der Waals surface area contributed by atoms with Gasteiger partial charge in [0, 0.05) is 29.6 Å². The highest BCUT2D eigenvalue weighted by Crippen LogP contribution is 2.20. The SMILES string of the molecule is Cc1cc(C(=O)c2ccc(C(=O)N[C@@H]3CCCNC[C@H]3NC(=O)c3ccncn3)cc2)c(O)cn1. The Bertz CT molecular complexity index is 1220. The summed E-state index contributed by atoms with van der Waals surface area (Å²) in [6.45, 7) is 3.02. The molecule has 10 nitrogen and oxygen atoms in total. The summed E-state index contributed by atoms with van der Waals surface area (Å²) in [6.07, 6.45) is 5.58. The van der Waals surface area contributed by atoms with Crippen molar-refractivity contribution in [2.75, 3.05) is 13.1 Å². The van der Waals surface area contributed by atoms with Crippen LogP contribution in [-0.4, -0.2) is 62.8 Å². The van der Waals surface area contributed by atoms with E-state index in [0.717, 1.165) is 13.0 Å². The molecule has 1 saturated heterocycles. The van der Waals surface area contributed by atoms with Crippen LogP contribution in [0.5, 0.6) is 5.75 Å². The zero-order chi connectivity index (χ0) is 24.8. The fourth-order valence-corrected chi connectivity index (χ4v) is 3.95. The van der Waals surface area contributed by atoms with Crippen molar-refractivity contribution in [3.8, 4) is 5.75 Å². The zero-order valence-electron chi connectivity index (χ0n) is 19.2. The normalized spacial score (nSPS) is 17.7. The predicted octanol–water partition coefficient (Wildman–Crippen LogP) is 1.40. The number of nitrogens with zero attached hydrogens (tertiary/aromatic N) is 3. The summed E-state index contributed by atoms with van der Waals surface area (Å²) in [5.41, 5.74) is 1.75. The van der Waals surface area contributed by atoms with Crippen LogP contribution in [0.4, 0.5) is 0 Å². The van der Waals surface area contributed by atoms with Crippen LogP contribution < -0.4 is 16.0 Å². The second kappa shape index (κ2) is 10.8. The maximum atomic E-state index is 13.0. The molecule has 10 heteroatoms. The van der Waals surface area contributed by atoms with E-state index in [1.807, 2.05) is 0 Å². The third kappa shape index (κ3) is 5.85. The lowest BCUT2D eigenvalue weighted by atomic mass is 10.0. The maximum absolute atomic E-state index is 13.0. The second-order valence-electron chi connectivity index (χ2n) is 8.35. The van der Waals surface area contributed by atoms with Crippen LogP contribution in [-0.2, 0) is 0 Å². The number of hydrogen-bond acceptors (Lipinski definition) is 8. The summed E-state index contributed by atoms with van der Waals surface area (Å²) in [7, 11) is 0. The van der Waals surface area contributed by atoms with Gasteiger partial charge in [0.2, 0.25) is 0 Å². The molecule has 0 aliphatic carbocycles. The fourth-order valence-electron chi connectivity index (χ4n) is 3.95. The monoisotopic (exact) mass is 474 g/mol. The van der Waals surface area contributed by atoms with Crippen LogP contribution in [0.2, 0.25) is 0 Å². The third-order valence-corrected chi connectivity index (χ3v) is 5.84. The molecule has 1 aliphatic heterocycles. The molecule has 2 atom stereocenters. The third-order valence-electron chi connectivity index (χ3n) is 5.84. The molecular formula is C25H26N6O4. The van der Waals surface area contributed by atoms with Crippen molar-refractivity contribution >= 4 is 17.6 Å². The van der Waals surface area contributed by atoms with E-state index in [2.05, 4.69) is 30.9 Å². The van der Waals surface area contributed by atoms with Crippen molar-refractivity contribution in [2.24, 2.45) is 0 Å². The van der Waals surface area contributed by atoms with E-state index in [-0.39, 0.29) is 46.7 Å². The van der Waals surface area contributed by atoms with Crippen LogP contribution >= 0.6 is 0 Å². The number of benzene rings is 1. The van der Waals surface area contributed by atoms with Gasteiger partial charge in [-0.05, 0) is 50.6 Å². The minimum Gasteiger partial charge on any atom is -0.506 e. The summed E-state index contributed by atoms with van der Waals surface area (Å²) < 4.78 is 0. The van der Waals surface area contributed by atoms with Crippen molar-refractivity contribution in [1.82, 2.24) is 30.9 Å². The lowest BCUT2D eigenvalue weighted by Gasteiger charge is -2.27. The number of rotatable bonds is 6. The quantitative estimate of drug-likeness (QED) is 0.392. The first-order chi connectivity index (χ1) is 16.9. The van der Waals surface area contributed by atoms with E-state index in [0.29, 0.717) is 29.8 Å². The Labute approximate surface area is 202 Å². The van der Waals surface area contributed by atoms with E-state index in [9.17, 15) is 19.5 Å². The van der Waals surface area contributed by atoms with E-state index in [1.165, 1.54) is 30.9 Å². The molecule has 0 saturated carbocycles. The van der Waals surface area contributed by atoms with Crippen LogP contribution in [0.1, 0.15) is 55.3 Å². The van der Waals surface area contributed by atoms with Gasteiger partial charge in [0.25, 0.3) is 11.8 Å². The van der Waals surface area contributed by atoms with Gasteiger partial charge in [-0.25, -0.2) is 9.97 Å². The van der Waals surface area contributed by atoms with E-state index < -0.39 is 0 Å². The first-order valence-electron chi connectivity index (χ1n) is 11.3. The Kier molecular flexibility index (Phi) is 7.41. The van der Waals surface area contributed by atoms with E-state index in [4.69, 9.17) is 0 Å². The van der Waals surface area contributed by atoms with E-state index in [1.54, 1.807) is 31.2 Å². The molecule has 180 valence electrons. The van der Waals surface area contributed by atoms with Gasteiger partial charge >= 0.3 is 0 Å². The van der Waals surface area contributed by atoms with Gasteiger partial charge in [0.05, 0.1) is 23.8 Å². The summed E-state index contributed by atoms with van der Waals surface area (Å²) >= 11 is 0. The standard InChI is InChI=1S/C25H26N6O4/c1-15-11-18(22(32)13-28-15)23(33)16-4-6-17(7-5-16)24(34)30-19-3-2-9-26-12-21(19)31-25(35)20-8-10-27-14-29-20/h4-8,10-11,13-14,19,21,26,32H,2-3,9,12H2,1H3,(H,30,34)(H,31,35)/t19-,21-/m1/s1. The average molecular weight is 475 g/mol. The average Bonchev–Trinajstić information content (AvgIpc) is 3.10. The zero-order valence-corrected chi connectivity index (χ0v) is 19.2. The van der Waals surface area contributed by atoms with Gasteiger partial charge in [-0.2, -0.15) is 0 Å². The van der Waals surface area contributed by atoms with Gasteiger partial charge < -0.3 is 21.1 Å². The Morgan fingerprint density at radius 3 is 2.49 bits per heavy atom. The molecule has 4 rings (SSSR count). The summed E-state index contributed by atoms with van der Waals surface area (Å²) in [4.78, 5) is 50.1. The van der Waals surface area contributed by atoms with E-state index >= 15 is 0 Å². The minimum atomic E-state index is -0.359. The molecule has 0 unspecified atom stereocenters. The summed E-state index contributed by atoms with van der Waals surface area (Å²) in [5, 5.41) is 19.2. The molecule has 2 aromatic heterocycles. The molecule has 1 aliphatic rings. The van der Waals surface area contributed by atoms with Gasteiger partial charge in [-0.3, -0.25) is 19.4 Å². The Balaban J connectivity index is 1.44. The lowest BCUT2D eigenvalue weighted by Crippen LogP contribution is -2.54. The van der Waals surface area contributed by atoms with Crippen molar-refractivity contribution in [2.45, 2.75) is 31.8 Å². The topological polar surface area (TPSA) is 146 Å². The molecule has 35 heavy (non-hydrogen) atoms. The highest BCUT2D eigenvalue weighted by atomic mass is 16.3. The molecule has 2 amide bonds. The number of carbonyl (C=O) groups is 3. The number of amides is 2. The molecule has 1 fully saturated rings. The van der Waals surface area contributed by atoms with Crippen LogP contribution in [0.3, 0.4) is 0 Å². The highest BCUT2D eigenvalue weighted by Gasteiger charge is 2.27. The minimum absolute atomic E-state index is 0.155. The van der Waals surface area contributed by atoms with Crippen LogP contribution in [0, 0.1) is 6.92 Å². The summed E-state index contributed by atoms with van der Waals surface area (Å²) in [5.74, 6) is -1.20. The van der Waals surface area contributed by atoms with Crippen molar-refractivity contribution in [3.63, 3.8) is 0 Å². The molecule has 4 N–H and O–H groups in total. The van der Waals surface area contributed by atoms with Gasteiger partial charge in [-0.15, -0.1) is 0 Å². The van der Waals surface area contributed by atoms with Gasteiger partial charge in [-0.1, -0.05) is 12.1 Å². The number of aromatic nitrogens is 3. The number of ketones is 1. The molecular weight excluding hydrogens is 448 g/mol. The fraction of sp³-hybridized carbons (Fsp3) is 0.280. The van der Waals surface area contributed by atoms with Crippen molar-refractivity contribution < 1.29 is 19.5 Å². The number of aromatic hydroxyl groups is 1. The van der Waals surface area contributed by atoms with Gasteiger partial charge in [0.1, 0.15) is 17.8 Å². The number of pyridine rings is 1. The first kappa shape index (κ1) is 24.0. The van der Waals surface area contributed by atoms with Gasteiger partial charge in [0.15, 0.2) is 5.78 Å². The molecule has 3 aromatic rings.